The minimum Gasteiger partial charge on any atom is -0.458 e. The number of anilines is 3. The summed E-state index contributed by atoms with van der Waals surface area (Å²) in [6.45, 7) is -0.0124. The molecular weight excluding hydrogens is 649 g/mol. The Morgan fingerprint density at radius 2 is 1.08 bits per heavy atom. The number of fused-ring (bicyclic) bond motifs is 5. The molecule has 8 aromatic rings. The van der Waals surface area contributed by atoms with Crippen LogP contribution in [0.5, 0.6) is 23.0 Å². The third-order valence-electron chi connectivity index (χ3n) is 10.5. The summed E-state index contributed by atoms with van der Waals surface area (Å²) in [5.41, 5.74) is 9.31. The summed E-state index contributed by atoms with van der Waals surface area (Å²) in [6.07, 6.45) is 0.793. The molecule has 52 heavy (non-hydrogen) atoms. The first-order valence-electron chi connectivity index (χ1n) is 18.0. The molecule has 0 spiro atoms. The average Bonchev–Trinajstić information content (AvgIpc) is 3.20. The molecule has 0 bridgehead atoms. The van der Waals surface area contributed by atoms with Gasteiger partial charge < -0.3 is 14.4 Å². The first-order valence-corrected chi connectivity index (χ1v) is 19.4. The Balaban J connectivity index is 1.20. The molecule has 0 radical (unpaired) electrons. The molecule has 10 rings (SSSR count). The molecule has 0 unspecified atom stereocenters. The van der Waals surface area contributed by atoms with Gasteiger partial charge in [0.15, 0.2) is 0 Å². The van der Waals surface area contributed by atoms with E-state index in [-0.39, 0.29) is 6.71 Å². The lowest BCUT2D eigenvalue weighted by Gasteiger charge is -2.36. The molecule has 0 N–H and O–H groups in total. The monoisotopic (exact) mass is 683 g/mol. The van der Waals surface area contributed by atoms with E-state index >= 15 is 0 Å². The highest BCUT2D eigenvalue weighted by Crippen LogP contribution is 2.44. The van der Waals surface area contributed by atoms with E-state index in [1.165, 1.54) is 38.0 Å². The molecule has 2 aliphatic heterocycles. The normalized spacial score (nSPS) is 12.5. The van der Waals surface area contributed by atoms with Gasteiger partial charge in [-0.2, -0.15) is 0 Å². The highest BCUT2D eigenvalue weighted by Gasteiger charge is 2.41. The molecule has 0 aliphatic carbocycles. The van der Waals surface area contributed by atoms with Gasteiger partial charge in [0, 0.05) is 23.3 Å². The number of hydrogen-bond acceptors (Lipinski definition) is 3. The Bertz CT molecular complexity index is 2620. The van der Waals surface area contributed by atoms with Crippen LogP contribution in [0.25, 0.3) is 10.8 Å². The van der Waals surface area contributed by atoms with E-state index in [0.29, 0.717) is 0 Å². The van der Waals surface area contributed by atoms with Crippen molar-refractivity contribution in [2.45, 2.75) is 6.42 Å². The summed E-state index contributed by atoms with van der Waals surface area (Å²) in [5, 5.41) is 5.33. The summed E-state index contributed by atoms with van der Waals surface area (Å²) < 4.78 is 13.5. The van der Waals surface area contributed by atoms with E-state index in [1.54, 1.807) is 0 Å². The van der Waals surface area contributed by atoms with Crippen molar-refractivity contribution in [1.29, 1.82) is 0 Å². The Morgan fingerprint density at radius 1 is 0.462 bits per heavy atom. The largest absolute Gasteiger partial charge is 0.458 e. The van der Waals surface area contributed by atoms with Crippen molar-refractivity contribution in [2.75, 3.05) is 4.90 Å². The van der Waals surface area contributed by atoms with Gasteiger partial charge in [-0.05, 0) is 74.4 Å². The molecule has 3 nitrogen and oxygen atoms in total. The second-order valence-electron chi connectivity index (χ2n) is 13.6. The minimum atomic E-state index is -0.829. The van der Waals surface area contributed by atoms with Crippen molar-refractivity contribution in [2.24, 2.45) is 0 Å². The fraction of sp³-hybridized carbons (Fsp3) is 0.0213. The van der Waals surface area contributed by atoms with E-state index in [9.17, 15) is 0 Å². The van der Waals surface area contributed by atoms with E-state index < -0.39 is 9.52 Å². The molecule has 8 aromatic carbocycles. The van der Waals surface area contributed by atoms with Gasteiger partial charge >= 0.3 is 0 Å². The zero-order valence-corrected chi connectivity index (χ0v) is 30.0. The zero-order valence-electron chi connectivity index (χ0n) is 28.6. The smallest absolute Gasteiger partial charge is 0.260 e. The standard InChI is InChI=1S/C47H34BNO2Si/c1-2-19-35(20-3-1)52-45-30-11-9-25-40(45)49(39-24-8-5-16-34(39)31-33-18-12-17-32-15-4-6-21-36(32)33)41-26-13-23-38-47(41)51-44-29-14-28-43-46(44)48(38)37-22-7-10-27-42(37)50-43/h1-30H,31,52H2. The maximum atomic E-state index is 7.06. The maximum absolute atomic E-state index is 7.06. The van der Waals surface area contributed by atoms with Crippen molar-refractivity contribution < 1.29 is 9.47 Å². The van der Waals surface area contributed by atoms with Gasteiger partial charge in [-0.25, -0.2) is 0 Å². The number of ether oxygens (including phenoxy) is 2. The molecule has 0 saturated carbocycles. The molecular formula is C47H34BNO2Si. The lowest BCUT2D eigenvalue weighted by atomic mass is 9.35. The molecule has 5 heteroatoms. The fourth-order valence-electron chi connectivity index (χ4n) is 8.18. The summed E-state index contributed by atoms with van der Waals surface area (Å²) in [4.78, 5) is 2.48. The van der Waals surface area contributed by atoms with Crippen LogP contribution in [-0.4, -0.2) is 16.2 Å². The van der Waals surface area contributed by atoms with Crippen molar-refractivity contribution in [1.82, 2.24) is 0 Å². The summed E-state index contributed by atoms with van der Waals surface area (Å²) in [6, 6.07) is 65.4. The van der Waals surface area contributed by atoms with Crippen molar-refractivity contribution >= 4 is 70.8 Å². The highest BCUT2D eigenvalue weighted by molar-refractivity contribution is 6.98. The third kappa shape index (κ3) is 5.21. The van der Waals surface area contributed by atoms with Crippen LogP contribution in [0, 0.1) is 0 Å². The van der Waals surface area contributed by atoms with Crippen LogP contribution in [0.3, 0.4) is 0 Å². The van der Waals surface area contributed by atoms with Gasteiger partial charge in [0.05, 0.1) is 15.2 Å². The SMILES string of the molecule is c1ccc([SiH2]c2ccccc2N(c2ccccc2Cc2cccc3ccccc23)c2cccc3c2Oc2cccc4c2B3c2ccccc2O4)cc1. The topological polar surface area (TPSA) is 21.7 Å². The third-order valence-corrected chi connectivity index (χ3v) is 12.4. The van der Waals surface area contributed by atoms with Crippen LogP contribution in [0.2, 0.25) is 0 Å². The van der Waals surface area contributed by atoms with E-state index in [4.69, 9.17) is 9.47 Å². The molecule has 0 amide bonds. The lowest BCUT2D eigenvalue weighted by molar-refractivity contribution is 0.465. The zero-order chi connectivity index (χ0) is 34.4. The number of benzene rings is 8. The van der Waals surface area contributed by atoms with Gasteiger partial charge in [0.25, 0.3) is 6.71 Å². The highest BCUT2D eigenvalue weighted by atomic mass is 28.2. The molecule has 0 atom stereocenters. The first-order chi connectivity index (χ1) is 25.8. The number of para-hydroxylation sites is 4. The maximum Gasteiger partial charge on any atom is 0.260 e. The number of nitrogens with zero attached hydrogens (tertiary/aromatic N) is 1. The quantitative estimate of drug-likeness (QED) is 0.161. The van der Waals surface area contributed by atoms with Crippen LogP contribution >= 0.6 is 0 Å². The Kier molecular flexibility index (Phi) is 7.51. The molecule has 0 saturated heterocycles. The number of rotatable bonds is 7. The Labute approximate surface area is 306 Å². The predicted molar refractivity (Wildman–Crippen MR) is 220 cm³/mol. The average molecular weight is 684 g/mol. The van der Waals surface area contributed by atoms with Crippen molar-refractivity contribution in [3.05, 3.63) is 193 Å². The van der Waals surface area contributed by atoms with Gasteiger partial charge in [-0.1, -0.05) is 151 Å². The van der Waals surface area contributed by atoms with Crippen LogP contribution in [-0.2, 0) is 6.42 Å². The Hall–Kier alpha value is -6.30. The summed E-state index contributed by atoms with van der Waals surface area (Å²) >= 11 is 0. The van der Waals surface area contributed by atoms with Crippen LogP contribution < -0.4 is 41.1 Å². The van der Waals surface area contributed by atoms with Gasteiger partial charge in [-0.3, -0.25) is 0 Å². The van der Waals surface area contributed by atoms with E-state index in [2.05, 4.69) is 175 Å². The number of hydrogen-bond donors (Lipinski definition) is 0. The first kappa shape index (κ1) is 30.5. The van der Waals surface area contributed by atoms with E-state index in [1.807, 2.05) is 12.1 Å². The molecule has 2 aliphatic rings. The molecule has 0 fully saturated rings. The van der Waals surface area contributed by atoms with Crippen molar-refractivity contribution in [3.63, 3.8) is 0 Å². The van der Waals surface area contributed by atoms with Crippen LogP contribution in [0.4, 0.5) is 17.1 Å². The Morgan fingerprint density at radius 3 is 2.00 bits per heavy atom. The molecule has 0 aromatic heterocycles. The van der Waals surface area contributed by atoms with E-state index in [0.717, 1.165) is 57.2 Å². The van der Waals surface area contributed by atoms with Gasteiger partial charge in [0.1, 0.15) is 23.0 Å². The summed E-state index contributed by atoms with van der Waals surface area (Å²) in [5.74, 6) is 3.47. The second-order valence-corrected chi connectivity index (χ2v) is 15.5. The van der Waals surface area contributed by atoms with Gasteiger partial charge in [-0.15, -0.1) is 0 Å². The predicted octanol–water partition coefficient (Wildman–Crippen LogP) is 7.75. The molecule has 2 heterocycles. The van der Waals surface area contributed by atoms with Gasteiger partial charge in [0.2, 0.25) is 0 Å². The summed E-state index contributed by atoms with van der Waals surface area (Å²) in [7, 11) is -0.829. The van der Waals surface area contributed by atoms with Crippen LogP contribution in [0.1, 0.15) is 11.1 Å². The fourth-order valence-corrected chi connectivity index (χ4v) is 9.83. The van der Waals surface area contributed by atoms with Crippen molar-refractivity contribution in [3.8, 4) is 23.0 Å². The second kappa shape index (κ2) is 12.8. The van der Waals surface area contributed by atoms with Crippen LogP contribution in [0.15, 0.2) is 182 Å². The minimum absolute atomic E-state index is 0.0124. The molecule has 246 valence electrons. The lowest BCUT2D eigenvalue weighted by Crippen LogP contribution is -2.57.